The monoisotopic (exact) mass is 261 g/mol. The van der Waals surface area contributed by atoms with E-state index in [0.717, 1.165) is 11.1 Å². The van der Waals surface area contributed by atoms with Gasteiger partial charge in [0.1, 0.15) is 6.61 Å². The fourth-order valence-corrected chi connectivity index (χ4v) is 1.35. The van der Waals surface area contributed by atoms with Crippen molar-refractivity contribution in [3.63, 3.8) is 0 Å². The van der Waals surface area contributed by atoms with Crippen LogP contribution in [0.1, 0.15) is 11.1 Å². The summed E-state index contributed by atoms with van der Waals surface area (Å²) < 4.78 is 39.4. The van der Waals surface area contributed by atoms with Gasteiger partial charge < -0.3 is 10.1 Å². The number of carbonyl (C=O) groups is 1. The van der Waals surface area contributed by atoms with E-state index in [4.69, 9.17) is 0 Å². The van der Waals surface area contributed by atoms with E-state index in [2.05, 4.69) is 10.1 Å². The van der Waals surface area contributed by atoms with Gasteiger partial charge in [-0.1, -0.05) is 29.8 Å². The Kier molecular flexibility index (Phi) is 5.15. The maximum Gasteiger partial charge on any atom is 0.490 e. The molecule has 18 heavy (non-hydrogen) atoms. The van der Waals surface area contributed by atoms with Crippen molar-refractivity contribution in [3.8, 4) is 0 Å². The van der Waals surface area contributed by atoms with E-state index in [1.54, 1.807) is 0 Å². The van der Waals surface area contributed by atoms with Gasteiger partial charge in [0.2, 0.25) is 0 Å². The molecule has 0 fully saturated rings. The molecule has 0 atom stereocenters. The first-order valence-corrected chi connectivity index (χ1v) is 5.40. The smallest absolute Gasteiger partial charge is 0.458 e. The summed E-state index contributed by atoms with van der Waals surface area (Å²) in [5.41, 5.74) is 2.13. The third-order valence-electron chi connectivity index (χ3n) is 2.16. The molecule has 0 spiro atoms. The van der Waals surface area contributed by atoms with Gasteiger partial charge in [-0.15, -0.1) is 0 Å². The predicted molar refractivity (Wildman–Crippen MR) is 59.9 cm³/mol. The molecule has 0 heterocycles. The molecule has 3 nitrogen and oxygen atoms in total. The highest BCUT2D eigenvalue weighted by Crippen LogP contribution is 2.15. The molecule has 0 aliphatic heterocycles. The highest BCUT2D eigenvalue weighted by atomic mass is 19.4. The molecule has 1 rings (SSSR count). The lowest BCUT2D eigenvalue weighted by Crippen LogP contribution is -2.29. The summed E-state index contributed by atoms with van der Waals surface area (Å²) >= 11 is 0. The SMILES string of the molecule is Cc1cccc(CNCCOC(=O)C(F)(F)F)c1. The molecule has 0 radical (unpaired) electrons. The summed E-state index contributed by atoms with van der Waals surface area (Å²) in [5, 5.41) is 2.89. The van der Waals surface area contributed by atoms with Crippen molar-refractivity contribution >= 4 is 5.97 Å². The number of esters is 1. The molecule has 0 saturated carbocycles. The van der Waals surface area contributed by atoms with Gasteiger partial charge in [0, 0.05) is 13.1 Å². The molecule has 0 aliphatic carbocycles. The maximum atomic E-state index is 11.8. The van der Waals surface area contributed by atoms with Crippen molar-refractivity contribution in [2.75, 3.05) is 13.2 Å². The molecule has 6 heteroatoms. The van der Waals surface area contributed by atoms with Gasteiger partial charge in [-0.25, -0.2) is 4.79 Å². The Morgan fingerprint density at radius 1 is 1.39 bits per heavy atom. The second-order valence-electron chi connectivity index (χ2n) is 3.80. The van der Waals surface area contributed by atoms with Crippen LogP contribution >= 0.6 is 0 Å². The number of hydrogen-bond donors (Lipinski definition) is 1. The van der Waals surface area contributed by atoms with Crippen molar-refractivity contribution in [1.29, 1.82) is 0 Å². The molecule has 100 valence electrons. The highest BCUT2D eigenvalue weighted by Gasteiger charge is 2.40. The first-order chi connectivity index (χ1) is 8.39. The quantitative estimate of drug-likeness (QED) is 0.652. The van der Waals surface area contributed by atoms with Crippen LogP contribution in [-0.2, 0) is 16.1 Å². The molecule has 1 N–H and O–H groups in total. The number of hydrogen-bond acceptors (Lipinski definition) is 3. The van der Waals surface area contributed by atoms with Crippen LogP contribution < -0.4 is 5.32 Å². The number of ether oxygens (including phenoxy) is 1. The predicted octanol–water partition coefficient (Wildman–Crippen LogP) is 2.19. The summed E-state index contributed by atoms with van der Waals surface area (Å²) in [6.07, 6.45) is -4.92. The van der Waals surface area contributed by atoms with Crippen LogP contribution in [0.15, 0.2) is 24.3 Å². The molecular formula is C12H14F3NO2. The summed E-state index contributed by atoms with van der Waals surface area (Å²) in [4.78, 5) is 10.4. The van der Waals surface area contributed by atoms with Gasteiger partial charge in [-0.2, -0.15) is 13.2 Å². The van der Waals surface area contributed by atoms with Crippen LogP contribution in [0.3, 0.4) is 0 Å². The third-order valence-corrected chi connectivity index (χ3v) is 2.16. The average molecular weight is 261 g/mol. The van der Waals surface area contributed by atoms with E-state index in [1.165, 1.54) is 0 Å². The van der Waals surface area contributed by atoms with Crippen LogP contribution in [0.5, 0.6) is 0 Å². The number of benzene rings is 1. The lowest BCUT2D eigenvalue weighted by molar-refractivity contribution is -0.199. The lowest BCUT2D eigenvalue weighted by atomic mass is 10.1. The zero-order chi connectivity index (χ0) is 13.6. The van der Waals surface area contributed by atoms with Gasteiger partial charge in [0.25, 0.3) is 0 Å². The summed E-state index contributed by atoms with van der Waals surface area (Å²) in [6.45, 7) is 2.35. The van der Waals surface area contributed by atoms with E-state index >= 15 is 0 Å². The van der Waals surface area contributed by atoms with Crippen LogP contribution in [0.25, 0.3) is 0 Å². The lowest BCUT2D eigenvalue weighted by Gasteiger charge is -2.08. The standard InChI is InChI=1S/C12H14F3NO2/c1-9-3-2-4-10(7-9)8-16-5-6-18-11(17)12(13,14)15/h2-4,7,16H,5-6,8H2,1H3. The molecule has 0 bridgehead atoms. The first-order valence-electron chi connectivity index (χ1n) is 5.40. The van der Waals surface area contributed by atoms with Gasteiger partial charge >= 0.3 is 12.1 Å². The third kappa shape index (κ3) is 5.18. The van der Waals surface area contributed by atoms with E-state index < -0.39 is 12.1 Å². The van der Waals surface area contributed by atoms with Crippen molar-refractivity contribution in [2.45, 2.75) is 19.6 Å². The maximum absolute atomic E-state index is 11.8. The van der Waals surface area contributed by atoms with Gasteiger partial charge in [0.15, 0.2) is 0 Å². The molecule has 0 saturated heterocycles. The van der Waals surface area contributed by atoms with E-state index in [9.17, 15) is 18.0 Å². The molecular weight excluding hydrogens is 247 g/mol. The minimum atomic E-state index is -4.92. The minimum absolute atomic E-state index is 0.176. The largest absolute Gasteiger partial charge is 0.490 e. The summed E-state index contributed by atoms with van der Waals surface area (Å²) in [7, 11) is 0. The fraction of sp³-hybridized carbons (Fsp3) is 0.417. The van der Waals surface area contributed by atoms with E-state index in [1.807, 2.05) is 31.2 Å². The molecule has 1 aromatic rings. The first kappa shape index (κ1) is 14.5. The number of rotatable bonds is 5. The number of alkyl halides is 3. The molecule has 1 aromatic carbocycles. The minimum Gasteiger partial charge on any atom is -0.458 e. The van der Waals surface area contributed by atoms with Crippen molar-refractivity contribution in [1.82, 2.24) is 5.32 Å². The zero-order valence-corrected chi connectivity index (χ0v) is 9.88. The Labute approximate surface area is 103 Å². The van der Waals surface area contributed by atoms with E-state index in [0.29, 0.717) is 6.54 Å². The van der Waals surface area contributed by atoms with Crippen LogP contribution in [0, 0.1) is 6.92 Å². The number of carbonyl (C=O) groups excluding carboxylic acids is 1. The van der Waals surface area contributed by atoms with Crippen LogP contribution in [0.2, 0.25) is 0 Å². The van der Waals surface area contributed by atoms with E-state index in [-0.39, 0.29) is 13.2 Å². The Balaban J connectivity index is 2.18. The molecule has 0 amide bonds. The van der Waals surface area contributed by atoms with Crippen LogP contribution in [0.4, 0.5) is 13.2 Å². The second-order valence-corrected chi connectivity index (χ2v) is 3.80. The van der Waals surface area contributed by atoms with Crippen molar-refractivity contribution in [2.24, 2.45) is 0 Å². The molecule has 0 aliphatic rings. The normalized spacial score (nSPS) is 11.3. The zero-order valence-electron chi connectivity index (χ0n) is 9.88. The van der Waals surface area contributed by atoms with Gasteiger partial charge in [-0.3, -0.25) is 0 Å². The topological polar surface area (TPSA) is 38.3 Å². The summed E-state index contributed by atoms with van der Waals surface area (Å²) in [5.74, 6) is -2.15. The Hall–Kier alpha value is -1.56. The summed E-state index contributed by atoms with van der Waals surface area (Å²) in [6, 6.07) is 7.72. The Morgan fingerprint density at radius 3 is 2.72 bits per heavy atom. The number of nitrogens with one attached hydrogen (secondary N) is 1. The highest BCUT2D eigenvalue weighted by molar-refractivity contribution is 5.75. The van der Waals surface area contributed by atoms with Gasteiger partial charge in [-0.05, 0) is 12.5 Å². The van der Waals surface area contributed by atoms with Gasteiger partial charge in [0.05, 0.1) is 0 Å². The average Bonchev–Trinajstić information content (AvgIpc) is 2.27. The van der Waals surface area contributed by atoms with Crippen LogP contribution in [-0.4, -0.2) is 25.3 Å². The van der Waals surface area contributed by atoms with Crippen molar-refractivity contribution < 1.29 is 22.7 Å². The Morgan fingerprint density at radius 2 is 2.11 bits per heavy atom. The molecule has 0 unspecified atom stereocenters. The van der Waals surface area contributed by atoms with Crippen molar-refractivity contribution in [3.05, 3.63) is 35.4 Å². The molecule has 0 aromatic heterocycles. The number of halogens is 3. The number of aryl methyl sites for hydroxylation is 1. The second kappa shape index (κ2) is 6.39. The Bertz CT molecular complexity index is 405. The fourth-order valence-electron chi connectivity index (χ4n) is 1.35.